The van der Waals surface area contributed by atoms with Gasteiger partial charge in [0.1, 0.15) is 6.04 Å². The van der Waals surface area contributed by atoms with E-state index in [-0.39, 0.29) is 0 Å². The first-order valence-electron chi connectivity index (χ1n) is 5.35. The average molecular weight is 212 g/mol. The van der Waals surface area contributed by atoms with Crippen molar-refractivity contribution in [2.45, 2.75) is 19.9 Å². The van der Waals surface area contributed by atoms with Gasteiger partial charge in [0.2, 0.25) is 0 Å². The molecule has 0 fully saturated rings. The van der Waals surface area contributed by atoms with Crippen molar-refractivity contribution in [2.75, 3.05) is 20.1 Å². The Labute approximate surface area is 91.0 Å². The number of rotatable bonds is 4. The molecule has 0 spiro atoms. The summed E-state index contributed by atoms with van der Waals surface area (Å²) in [6, 6.07) is -0.467. The fourth-order valence-electron chi connectivity index (χ4n) is 1.77. The van der Waals surface area contributed by atoms with Crippen LogP contribution in [-0.4, -0.2) is 42.2 Å². The van der Waals surface area contributed by atoms with Gasteiger partial charge >= 0.3 is 5.97 Å². The molecule has 1 aliphatic rings. The van der Waals surface area contributed by atoms with E-state index in [1.807, 2.05) is 0 Å². The lowest BCUT2D eigenvalue weighted by Gasteiger charge is -2.31. The van der Waals surface area contributed by atoms with Gasteiger partial charge in [0.25, 0.3) is 0 Å². The van der Waals surface area contributed by atoms with Gasteiger partial charge < -0.3 is 15.3 Å². The quantitative estimate of drug-likeness (QED) is 0.722. The van der Waals surface area contributed by atoms with Crippen LogP contribution in [0.4, 0.5) is 0 Å². The van der Waals surface area contributed by atoms with E-state index >= 15 is 0 Å². The Morgan fingerprint density at radius 3 is 2.93 bits per heavy atom. The van der Waals surface area contributed by atoms with E-state index in [0.29, 0.717) is 11.8 Å². The predicted molar refractivity (Wildman–Crippen MR) is 59.5 cm³/mol. The Balaban J connectivity index is 2.39. The van der Waals surface area contributed by atoms with Gasteiger partial charge in [0.15, 0.2) is 0 Å². The highest BCUT2D eigenvalue weighted by molar-refractivity contribution is 5.72. The molecule has 0 amide bonds. The molecule has 0 bridgehead atoms. The second-order valence-corrected chi connectivity index (χ2v) is 4.39. The highest BCUT2D eigenvalue weighted by atomic mass is 16.4. The van der Waals surface area contributed by atoms with Gasteiger partial charge in [0, 0.05) is 20.1 Å². The third-order valence-corrected chi connectivity index (χ3v) is 2.92. The van der Waals surface area contributed by atoms with Gasteiger partial charge in [-0.3, -0.25) is 4.79 Å². The maximum atomic E-state index is 10.6. The maximum absolute atomic E-state index is 10.6. The molecule has 4 heteroatoms. The highest BCUT2D eigenvalue weighted by Gasteiger charge is 2.20. The summed E-state index contributed by atoms with van der Waals surface area (Å²) >= 11 is 0. The largest absolute Gasteiger partial charge is 0.480 e. The molecule has 86 valence electrons. The average Bonchev–Trinajstić information content (AvgIpc) is 2.15. The first-order valence-corrected chi connectivity index (χ1v) is 5.35. The Hall–Kier alpha value is -1.03. The SMILES string of the molecule is CC(NCC1C=CN(C)CC1C)C(=O)O. The van der Waals surface area contributed by atoms with Crippen molar-refractivity contribution in [3.05, 3.63) is 12.3 Å². The van der Waals surface area contributed by atoms with Gasteiger partial charge in [0.05, 0.1) is 0 Å². The molecule has 0 saturated carbocycles. The molecule has 15 heavy (non-hydrogen) atoms. The van der Waals surface area contributed by atoms with Crippen LogP contribution in [0.25, 0.3) is 0 Å². The van der Waals surface area contributed by atoms with Crippen LogP contribution in [0.15, 0.2) is 12.3 Å². The zero-order chi connectivity index (χ0) is 11.4. The summed E-state index contributed by atoms with van der Waals surface area (Å²) < 4.78 is 0. The van der Waals surface area contributed by atoms with E-state index in [1.54, 1.807) is 6.92 Å². The minimum absolute atomic E-state index is 0.433. The normalized spacial score (nSPS) is 27.8. The second kappa shape index (κ2) is 5.16. The smallest absolute Gasteiger partial charge is 0.320 e. The fourth-order valence-corrected chi connectivity index (χ4v) is 1.77. The molecule has 0 aromatic heterocycles. The summed E-state index contributed by atoms with van der Waals surface area (Å²) in [7, 11) is 2.05. The van der Waals surface area contributed by atoms with E-state index in [1.165, 1.54) is 0 Å². The maximum Gasteiger partial charge on any atom is 0.320 e. The third-order valence-electron chi connectivity index (χ3n) is 2.92. The van der Waals surface area contributed by atoms with E-state index < -0.39 is 12.0 Å². The molecule has 0 saturated heterocycles. The molecule has 1 rings (SSSR count). The number of carboxylic acid groups (broad SMARTS) is 1. The van der Waals surface area contributed by atoms with Crippen LogP contribution in [-0.2, 0) is 4.79 Å². The molecule has 1 heterocycles. The minimum atomic E-state index is -0.792. The molecule has 0 aromatic rings. The van der Waals surface area contributed by atoms with Crippen LogP contribution in [0.1, 0.15) is 13.8 Å². The number of aliphatic carboxylic acids is 1. The lowest BCUT2D eigenvalue weighted by molar-refractivity contribution is -0.139. The number of carbonyl (C=O) groups is 1. The number of nitrogens with one attached hydrogen (secondary N) is 1. The Kier molecular flexibility index (Phi) is 4.15. The summed E-state index contributed by atoms with van der Waals surface area (Å²) in [5.74, 6) is 0.205. The summed E-state index contributed by atoms with van der Waals surface area (Å²) in [6.45, 7) is 5.63. The predicted octanol–water partition coefficient (Wildman–Crippen LogP) is 0.760. The monoisotopic (exact) mass is 212 g/mol. The molecule has 0 aromatic carbocycles. The van der Waals surface area contributed by atoms with Crippen molar-refractivity contribution in [1.82, 2.24) is 10.2 Å². The zero-order valence-corrected chi connectivity index (χ0v) is 9.60. The van der Waals surface area contributed by atoms with Crippen molar-refractivity contribution in [2.24, 2.45) is 11.8 Å². The molecule has 3 atom stereocenters. The van der Waals surface area contributed by atoms with Crippen molar-refractivity contribution >= 4 is 5.97 Å². The van der Waals surface area contributed by atoms with Gasteiger partial charge in [-0.25, -0.2) is 0 Å². The van der Waals surface area contributed by atoms with Crippen LogP contribution < -0.4 is 5.32 Å². The van der Waals surface area contributed by atoms with Crippen LogP contribution in [0, 0.1) is 11.8 Å². The van der Waals surface area contributed by atoms with Crippen molar-refractivity contribution in [3.8, 4) is 0 Å². The fraction of sp³-hybridized carbons (Fsp3) is 0.727. The lowest BCUT2D eigenvalue weighted by atomic mass is 9.91. The molecular formula is C11H20N2O2. The van der Waals surface area contributed by atoms with E-state index in [4.69, 9.17) is 5.11 Å². The topological polar surface area (TPSA) is 52.6 Å². The van der Waals surface area contributed by atoms with Crippen molar-refractivity contribution < 1.29 is 9.90 Å². The Morgan fingerprint density at radius 1 is 1.73 bits per heavy atom. The zero-order valence-electron chi connectivity index (χ0n) is 9.60. The lowest BCUT2D eigenvalue weighted by Crippen LogP contribution is -2.40. The van der Waals surface area contributed by atoms with E-state index in [9.17, 15) is 4.79 Å². The standard InChI is InChI=1S/C11H20N2O2/c1-8-7-13(3)5-4-10(8)6-12-9(2)11(14)15/h4-5,8-10,12H,6-7H2,1-3H3,(H,14,15). The molecule has 0 aliphatic carbocycles. The van der Waals surface area contributed by atoms with Crippen LogP contribution in [0.3, 0.4) is 0 Å². The van der Waals surface area contributed by atoms with Crippen LogP contribution in [0.2, 0.25) is 0 Å². The molecule has 0 radical (unpaired) electrons. The second-order valence-electron chi connectivity index (χ2n) is 4.39. The van der Waals surface area contributed by atoms with Crippen LogP contribution >= 0.6 is 0 Å². The number of nitrogens with zero attached hydrogens (tertiary/aromatic N) is 1. The van der Waals surface area contributed by atoms with Gasteiger partial charge in [-0.1, -0.05) is 13.0 Å². The molecule has 4 nitrogen and oxygen atoms in total. The minimum Gasteiger partial charge on any atom is -0.480 e. The molecule has 3 unspecified atom stereocenters. The van der Waals surface area contributed by atoms with Crippen molar-refractivity contribution in [3.63, 3.8) is 0 Å². The third kappa shape index (κ3) is 3.55. The highest BCUT2D eigenvalue weighted by Crippen LogP contribution is 2.18. The summed E-state index contributed by atoms with van der Waals surface area (Å²) in [4.78, 5) is 12.8. The van der Waals surface area contributed by atoms with Gasteiger partial charge in [-0.15, -0.1) is 0 Å². The Bertz CT molecular complexity index is 253. The Morgan fingerprint density at radius 2 is 2.40 bits per heavy atom. The van der Waals surface area contributed by atoms with Gasteiger partial charge in [-0.2, -0.15) is 0 Å². The number of hydrogen-bond acceptors (Lipinski definition) is 3. The first kappa shape index (κ1) is 12.0. The number of carboxylic acids is 1. The first-order chi connectivity index (χ1) is 7.00. The molecule has 1 aliphatic heterocycles. The van der Waals surface area contributed by atoms with Crippen LogP contribution in [0.5, 0.6) is 0 Å². The van der Waals surface area contributed by atoms with E-state index in [0.717, 1.165) is 13.1 Å². The summed E-state index contributed by atoms with van der Waals surface area (Å²) in [5, 5.41) is 11.8. The molecular weight excluding hydrogens is 192 g/mol. The van der Waals surface area contributed by atoms with E-state index in [2.05, 4.69) is 36.5 Å². The van der Waals surface area contributed by atoms with Gasteiger partial charge in [-0.05, 0) is 25.0 Å². The molecule has 2 N–H and O–H groups in total. The van der Waals surface area contributed by atoms with Crippen molar-refractivity contribution in [1.29, 1.82) is 0 Å². The number of hydrogen-bond donors (Lipinski definition) is 2. The summed E-state index contributed by atoms with van der Waals surface area (Å²) in [6.07, 6.45) is 4.22. The summed E-state index contributed by atoms with van der Waals surface area (Å²) in [5.41, 5.74) is 0.